The van der Waals surface area contributed by atoms with Crippen molar-refractivity contribution in [3.05, 3.63) is 129 Å². The Morgan fingerprint density at radius 3 is 1.69 bits per heavy atom. The summed E-state index contributed by atoms with van der Waals surface area (Å²) >= 11 is 0. The monoisotopic (exact) mass is 458 g/mol. The van der Waals surface area contributed by atoms with Gasteiger partial charge >= 0.3 is 0 Å². The van der Waals surface area contributed by atoms with Crippen LogP contribution in [0.5, 0.6) is 0 Å². The molecule has 0 unspecified atom stereocenters. The Hall–Kier alpha value is -3.12. The van der Waals surface area contributed by atoms with Crippen molar-refractivity contribution in [2.24, 2.45) is 0 Å². The van der Waals surface area contributed by atoms with Gasteiger partial charge in [-0.1, -0.05) is 123 Å². The third kappa shape index (κ3) is 4.14. The number of rotatable bonds is 8. The average molecular weight is 459 g/mol. The lowest BCUT2D eigenvalue weighted by atomic mass is 9.67. The molecule has 0 heteroatoms. The topological polar surface area (TPSA) is 0 Å². The summed E-state index contributed by atoms with van der Waals surface area (Å²) in [6.07, 6.45) is 7.22. The van der Waals surface area contributed by atoms with Crippen LogP contribution in [0.1, 0.15) is 84.0 Å². The number of fused-ring (bicyclic) bond motifs is 3. The van der Waals surface area contributed by atoms with Crippen molar-refractivity contribution >= 4 is 0 Å². The first-order chi connectivity index (χ1) is 17.1. The van der Waals surface area contributed by atoms with Crippen LogP contribution in [0.25, 0.3) is 11.1 Å². The predicted octanol–water partition coefficient (Wildman–Crippen LogP) is 9.35. The number of benzene rings is 4. The van der Waals surface area contributed by atoms with Gasteiger partial charge in [0.15, 0.2) is 0 Å². The minimum atomic E-state index is -0.297. The van der Waals surface area contributed by atoms with Gasteiger partial charge in [0.25, 0.3) is 0 Å². The van der Waals surface area contributed by atoms with E-state index in [1.807, 2.05) is 0 Å². The molecule has 0 aromatic heterocycles. The highest BCUT2D eigenvalue weighted by atomic mass is 14.5. The fourth-order valence-electron chi connectivity index (χ4n) is 5.98. The van der Waals surface area contributed by atoms with Crippen molar-refractivity contribution in [3.8, 4) is 11.1 Å². The van der Waals surface area contributed by atoms with Crippen molar-refractivity contribution in [2.45, 2.75) is 71.6 Å². The summed E-state index contributed by atoms with van der Waals surface area (Å²) in [5.41, 5.74) is 13.6. The van der Waals surface area contributed by atoms with Crippen LogP contribution >= 0.6 is 0 Å². The van der Waals surface area contributed by atoms with E-state index in [9.17, 15) is 0 Å². The van der Waals surface area contributed by atoms with Gasteiger partial charge < -0.3 is 0 Å². The summed E-state index contributed by atoms with van der Waals surface area (Å²) in [6, 6.07) is 33.1. The van der Waals surface area contributed by atoms with Crippen LogP contribution < -0.4 is 0 Å². The molecule has 178 valence electrons. The zero-order chi connectivity index (χ0) is 24.4. The largest absolute Gasteiger partial charge is 0.0713 e. The van der Waals surface area contributed by atoms with E-state index in [-0.39, 0.29) is 5.41 Å². The maximum absolute atomic E-state index is 2.49. The Labute approximate surface area is 212 Å². The number of hydrogen-bond acceptors (Lipinski definition) is 0. The molecule has 4 aromatic rings. The Morgan fingerprint density at radius 1 is 0.543 bits per heavy atom. The van der Waals surface area contributed by atoms with E-state index < -0.39 is 0 Å². The molecule has 1 aliphatic rings. The third-order valence-corrected chi connectivity index (χ3v) is 7.83. The molecule has 0 N–H and O–H groups in total. The lowest BCUT2D eigenvalue weighted by Gasteiger charge is -2.34. The van der Waals surface area contributed by atoms with Gasteiger partial charge in [-0.3, -0.25) is 0 Å². The van der Waals surface area contributed by atoms with Crippen LogP contribution in [0.15, 0.2) is 84.9 Å². The van der Waals surface area contributed by atoms with E-state index in [2.05, 4.69) is 113 Å². The fourth-order valence-corrected chi connectivity index (χ4v) is 5.98. The van der Waals surface area contributed by atoms with Crippen molar-refractivity contribution in [1.82, 2.24) is 0 Å². The number of unbranched alkanes of at least 4 members (excludes halogenated alkanes) is 2. The fraction of sp³-hybridized carbons (Fsp3) is 0.314. The molecule has 0 heterocycles. The van der Waals surface area contributed by atoms with Crippen LogP contribution in [0, 0.1) is 13.8 Å². The smallest absolute Gasteiger partial charge is 0.0654 e. The van der Waals surface area contributed by atoms with Gasteiger partial charge in [0.2, 0.25) is 0 Å². The van der Waals surface area contributed by atoms with Crippen LogP contribution in [0.2, 0.25) is 0 Å². The van der Waals surface area contributed by atoms with Gasteiger partial charge in [-0.25, -0.2) is 0 Å². The molecule has 0 amide bonds. The first kappa shape index (κ1) is 23.6. The van der Waals surface area contributed by atoms with Crippen LogP contribution in [-0.2, 0) is 18.3 Å². The van der Waals surface area contributed by atoms with E-state index in [1.165, 1.54) is 81.3 Å². The molecule has 0 saturated heterocycles. The van der Waals surface area contributed by atoms with E-state index >= 15 is 0 Å². The molecular formula is C35H38. The highest BCUT2D eigenvalue weighted by Gasteiger charge is 2.46. The second-order valence-electron chi connectivity index (χ2n) is 10.5. The molecular weight excluding hydrogens is 420 g/mol. The van der Waals surface area contributed by atoms with Gasteiger partial charge in [0.05, 0.1) is 5.41 Å². The summed E-state index contributed by atoms with van der Waals surface area (Å²) < 4.78 is 0. The Bertz CT molecular complexity index is 1270. The van der Waals surface area contributed by atoms with Crippen molar-refractivity contribution < 1.29 is 0 Å². The predicted molar refractivity (Wildman–Crippen MR) is 150 cm³/mol. The average Bonchev–Trinajstić information content (AvgIpc) is 3.16. The molecule has 0 atom stereocenters. The Kier molecular flexibility index (Phi) is 6.65. The number of hydrogen-bond donors (Lipinski definition) is 0. The first-order valence-corrected chi connectivity index (χ1v) is 13.5. The second kappa shape index (κ2) is 9.86. The van der Waals surface area contributed by atoms with Gasteiger partial charge in [0.1, 0.15) is 0 Å². The molecule has 1 aliphatic carbocycles. The third-order valence-electron chi connectivity index (χ3n) is 7.83. The quantitative estimate of drug-likeness (QED) is 0.217. The number of aryl methyl sites for hydroxylation is 4. The van der Waals surface area contributed by atoms with E-state index in [4.69, 9.17) is 0 Å². The van der Waals surface area contributed by atoms with Crippen molar-refractivity contribution in [1.29, 1.82) is 0 Å². The minimum absolute atomic E-state index is 0.297. The molecule has 0 bridgehead atoms. The maximum atomic E-state index is 2.49. The van der Waals surface area contributed by atoms with Crippen LogP contribution in [-0.4, -0.2) is 0 Å². The molecule has 35 heavy (non-hydrogen) atoms. The van der Waals surface area contributed by atoms with Crippen LogP contribution in [0.3, 0.4) is 0 Å². The van der Waals surface area contributed by atoms with Gasteiger partial charge in [-0.2, -0.15) is 0 Å². The molecule has 4 aromatic carbocycles. The zero-order valence-electron chi connectivity index (χ0n) is 21.8. The van der Waals surface area contributed by atoms with E-state index in [0.29, 0.717) is 0 Å². The highest BCUT2D eigenvalue weighted by Crippen LogP contribution is 2.56. The normalized spacial score (nSPS) is 13.5. The summed E-state index contributed by atoms with van der Waals surface area (Å²) in [5.74, 6) is 0. The van der Waals surface area contributed by atoms with E-state index in [0.717, 1.165) is 12.8 Å². The molecule has 5 rings (SSSR count). The van der Waals surface area contributed by atoms with Crippen molar-refractivity contribution in [3.63, 3.8) is 0 Å². The van der Waals surface area contributed by atoms with Gasteiger partial charge in [0, 0.05) is 0 Å². The first-order valence-electron chi connectivity index (χ1n) is 13.5. The standard InChI is InChI=1S/C35H38/c1-5-7-10-27-16-18-29(19-17-27)35(30-13-9-12-28(24-30)11-8-6-2)33-22-25(3)14-20-31(33)32-21-15-26(4)23-34(32)35/h9,12-24H,5-8,10-11H2,1-4H3. The molecule has 0 radical (unpaired) electrons. The van der Waals surface area contributed by atoms with Crippen molar-refractivity contribution in [2.75, 3.05) is 0 Å². The summed E-state index contributed by atoms with van der Waals surface area (Å²) in [4.78, 5) is 0. The minimum Gasteiger partial charge on any atom is -0.0654 e. The summed E-state index contributed by atoms with van der Waals surface area (Å²) in [6.45, 7) is 9.00. The van der Waals surface area contributed by atoms with Gasteiger partial charge in [-0.15, -0.1) is 0 Å². The second-order valence-corrected chi connectivity index (χ2v) is 10.5. The Balaban J connectivity index is 1.81. The lowest BCUT2D eigenvalue weighted by molar-refractivity contribution is 0.752. The molecule has 0 spiro atoms. The maximum Gasteiger partial charge on any atom is 0.0713 e. The molecule has 0 fully saturated rings. The van der Waals surface area contributed by atoms with E-state index in [1.54, 1.807) is 0 Å². The highest BCUT2D eigenvalue weighted by molar-refractivity contribution is 5.86. The zero-order valence-corrected chi connectivity index (χ0v) is 21.8. The molecule has 0 nitrogen and oxygen atoms in total. The Morgan fingerprint density at radius 2 is 1.11 bits per heavy atom. The lowest BCUT2D eigenvalue weighted by Crippen LogP contribution is -2.29. The van der Waals surface area contributed by atoms with Crippen LogP contribution in [0.4, 0.5) is 0 Å². The molecule has 0 aliphatic heterocycles. The SMILES string of the molecule is CCCCc1ccc(C2(c3cccc(CCCC)c3)c3cc(C)ccc3-c3ccc(C)cc32)cc1. The molecule has 0 saturated carbocycles. The summed E-state index contributed by atoms with van der Waals surface area (Å²) in [5, 5.41) is 0. The van der Waals surface area contributed by atoms with Gasteiger partial charge in [-0.05, 0) is 84.0 Å². The summed E-state index contributed by atoms with van der Waals surface area (Å²) in [7, 11) is 0.